The van der Waals surface area contributed by atoms with E-state index in [0.717, 1.165) is 36.5 Å². The summed E-state index contributed by atoms with van der Waals surface area (Å²) in [6.45, 7) is 19.2. The third kappa shape index (κ3) is 7.80. The van der Waals surface area contributed by atoms with Crippen LogP contribution in [0.2, 0.25) is 18.1 Å². The summed E-state index contributed by atoms with van der Waals surface area (Å²) >= 11 is 0. The van der Waals surface area contributed by atoms with Crippen LogP contribution in [-0.2, 0) is 22.6 Å². The smallest absolute Gasteiger partial charge is 0.327 e. The fourth-order valence-corrected chi connectivity index (χ4v) is 7.07. The average molecular weight is 639 g/mol. The zero-order chi connectivity index (χ0) is 33.1. The Morgan fingerprint density at radius 1 is 0.913 bits per heavy atom. The van der Waals surface area contributed by atoms with Crippen LogP contribution in [0.25, 0.3) is 11.1 Å². The number of ether oxygens (including phenoxy) is 1. The predicted octanol–water partition coefficient (Wildman–Crippen LogP) is 7.79. The highest BCUT2D eigenvalue weighted by Gasteiger charge is 2.39. The predicted molar refractivity (Wildman–Crippen MR) is 188 cm³/mol. The number of nitrogens with zero attached hydrogens (tertiary/aromatic N) is 4. The lowest BCUT2D eigenvalue weighted by Gasteiger charge is -2.48. The summed E-state index contributed by atoms with van der Waals surface area (Å²) in [6, 6.07) is 29.2. The minimum atomic E-state index is -2.01. The number of piperazine rings is 1. The van der Waals surface area contributed by atoms with Gasteiger partial charge in [0.15, 0.2) is 0 Å². The van der Waals surface area contributed by atoms with Crippen molar-refractivity contribution in [3.8, 4) is 16.9 Å². The highest BCUT2D eigenvalue weighted by atomic mass is 28.4. The van der Waals surface area contributed by atoms with Crippen molar-refractivity contribution >= 4 is 14.3 Å². The van der Waals surface area contributed by atoms with Gasteiger partial charge in [0.25, 0.3) is 0 Å². The summed E-state index contributed by atoms with van der Waals surface area (Å²) in [6.07, 6.45) is 3.69. The van der Waals surface area contributed by atoms with Crippen LogP contribution in [0.1, 0.15) is 57.4 Å². The first kappa shape index (κ1) is 33.6. The summed E-state index contributed by atoms with van der Waals surface area (Å²) in [4.78, 5) is 17.0. The molecule has 0 amide bonds. The lowest BCUT2D eigenvalue weighted by molar-refractivity contribution is -0.141. The minimum Gasteiger partial charge on any atom is -0.543 e. The first-order valence-corrected chi connectivity index (χ1v) is 19.3. The molecule has 3 atom stereocenters. The average Bonchev–Trinajstić information content (AvgIpc) is 3.48. The van der Waals surface area contributed by atoms with Gasteiger partial charge in [0.1, 0.15) is 12.3 Å². The molecule has 0 aliphatic carbocycles. The summed E-state index contributed by atoms with van der Waals surface area (Å²) in [5, 5.41) is 4.48. The molecular weight excluding hydrogens is 589 g/mol. The second-order valence-electron chi connectivity index (χ2n) is 14.3. The molecule has 7 nitrogen and oxygen atoms in total. The number of methoxy groups -OCH3 is 1. The van der Waals surface area contributed by atoms with Crippen LogP contribution in [0.3, 0.4) is 0 Å². The molecule has 0 saturated carbocycles. The van der Waals surface area contributed by atoms with Gasteiger partial charge in [-0.25, -0.2) is 0 Å². The van der Waals surface area contributed by atoms with E-state index < -0.39 is 8.32 Å². The van der Waals surface area contributed by atoms with Crippen LogP contribution >= 0.6 is 0 Å². The maximum Gasteiger partial charge on any atom is 0.327 e. The van der Waals surface area contributed by atoms with E-state index >= 15 is 0 Å². The number of hydrogen-bond donors (Lipinski definition) is 0. The SMILES string of the molecule is COC(=O)Cn1cc(-c2ccc([C@H](c3cccc(O[Si](C)(C)C(C)(C)C)c3)N3C[C@@H](C)N(Cc4ccccc4)C[C@@H]3C)cc2)cn1. The van der Waals surface area contributed by atoms with Gasteiger partial charge in [0.05, 0.1) is 19.3 Å². The van der Waals surface area contributed by atoms with Crippen LogP contribution in [0.15, 0.2) is 91.3 Å². The Hall–Kier alpha value is -3.72. The molecule has 1 saturated heterocycles. The van der Waals surface area contributed by atoms with Crippen molar-refractivity contribution in [2.75, 3.05) is 20.2 Å². The van der Waals surface area contributed by atoms with Crippen molar-refractivity contribution in [1.29, 1.82) is 0 Å². The second kappa shape index (κ2) is 14.0. The number of benzene rings is 3. The number of carbonyl (C=O) groups excluding carboxylic acids is 1. The molecule has 1 aromatic heterocycles. The van der Waals surface area contributed by atoms with E-state index in [0.29, 0.717) is 12.1 Å². The number of esters is 1. The van der Waals surface area contributed by atoms with E-state index in [1.54, 1.807) is 10.9 Å². The third-order valence-electron chi connectivity index (χ3n) is 9.79. The molecule has 0 bridgehead atoms. The number of aromatic nitrogens is 2. The largest absolute Gasteiger partial charge is 0.543 e. The van der Waals surface area contributed by atoms with Crippen LogP contribution in [0.5, 0.6) is 5.75 Å². The van der Waals surface area contributed by atoms with Gasteiger partial charge in [-0.3, -0.25) is 19.3 Å². The van der Waals surface area contributed by atoms with Crippen LogP contribution in [0, 0.1) is 0 Å². The van der Waals surface area contributed by atoms with E-state index in [4.69, 9.17) is 9.16 Å². The third-order valence-corrected chi connectivity index (χ3v) is 14.1. The quantitative estimate of drug-likeness (QED) is 0.131. The van der Waals surface area contributed by atoms with Crippen LogP contribution < -0.4 is 4.43 Å². The number of carbonyl (C=O) groups is 1. The van der Waals surface area contributed by atoms with Gasteiger partial charge in [-0.15, -0.1) is 0 Å². The fourth-order valence-electron chi connectivity index (χ4n) is 6.05. The summed E-state index contributed by atoms with van der Waals surface area (Å²) in [5.74, 6) is 0.631. The maximum absolute atomic E-state index is 11.7. The van der Waals surface area contributed by atoms with Crippen molar-refractivity contribution in [2.45, 2.75) is 84.0 Å². The second-order valence-corrected chi connectivity index (χ2v) is 19.0. The Kier molecular flexibility index (Phi) is 10.2. The van der Waals surface area contributed by atoms with Crippen molar-refractivity contribution in [3.63, 3.8) is 0 Å². The summed E-state index contributed by atoms with van der Waals surface area (Å²) in [7, 11) is -0.615. The van der Waals surface area contributed by atoms with E-state index in [9.17, 15) is 4.79 Å². The molecule has 5 rings (SSSR count). The Labute approximate surface area is 276 Å². The molecular formula is C38H50N4O3Si. The molecule has 0 radical (unpaired) electrons. The molecule has 2 heterocycles. The van der Waals surface area contributed by atoms with Gasteiger partial charge in [-0.05, 0) is 66.4 Å². The molecule has 244 valence electrons. The van der Waals surface area contributed by atoms with Crippen molar-refractivity contribution in [1.82, 2.24) is 19.6 Å². The molecule has 4 aromatic rings. The van der Waals surface area contributed by atoms with Gasteiger partial charge < -0.3 is 9.16 Å². The Bertz CT molecular complexity index is 1600. The molecule has 0 unspecified atom stereocenters. The van der Waals surface area contributed by atoms with E-state index in [2.05, 4.69) is 141 Å². The van der Waals surface area contributed by atoms with Gasteiger partial charge in [-0.1, -0.05) is 87.5 Å². The first-order valence-electron chi connectivity index (χ1n) is 16.4. The zero-order valence-electron chi connectivity index (χ0n) is 28.7. The van der Waals surface area contributed by atoms with Gasteiger partial charge in [-0.2, -0.15) is 5.10 Å². The monoisotopic (exact) mass is 638 g/mol. The van der Waals surface area contributed by atoms with E-state index in [1.165, 1.54) is 23.8 Å². The molecule has 46 heavy (non-hydrogen) atoms. The van der Waals surface area contributed by atoms with Crippen LogP contribution in [-0.4, -0.2) is 66.1 Å². The van der Waals surface area contributed by atoms with Gasteiger partial charge in [0.2, 0.25) is 8.32 Å². The normalized spacial score (nSPS) is 18.7. The minimum absolute atomic E-state index is 0.0652. The topological polar surface area (TPSA) is 59.8 Å². The number of hydrogen-bond acceptors (Lipinski definition) is 6. The summed E-state index contributed by atoms with van der Waals surface area (Å²) in [5.41, 5.74) is 5.86. The van der Waals surface area contributed by atoms with E-state index in [-0.39, 0.29) is 23.6 Å². The van der Waals surface area contributed by atoms with Crippen molar-refractivity contribution in [3.05, 3.63) is 108 Å². The molecule has 1 fully saturated rings. The standard InChI is InChI=1S/C38H50N4O3Si/c1-28-24-42(29(2)23-40(28)25-30-13-10-9-11-14-30)37(33-15-12-16-35(21-33)45-46(7,8)38(3,4)5)32-19-17-31(18-20-32)34-22-39-41(26-34)27-36(43)44-6/h9-22,26,28-29,37H,23-25,27H2,1-8H3/t28-,29+,37-/m1/s1. The van der Waals surface area contributed by atoms with Crippen molar-refractivity contribution in [2.24, 2.45) is 0 Å². The molecule has 0 spiro atoms. The molecule has 1 aliphatic rings. The highest BCUT2D eigenvalue weighted by Crippen LogP contribution is 2.40. The first-order chi connectivity index (χ1) is 21.8. The highest BCUT2D eigenvalue weighted by molar-refractivity contribution is 6.74. The van der Waals surface area contributed by atoms with Crippen LogP contribution in [0.4, 0.5) is 0 Å². The molecule has 3 aromatic carbocycles. The molecule has 0 N–H and O–H groups in total. The van der Waals surface area contributed by atoms with E-state index in [1.807, 2.05) is 6.20 Å². The summed E-state index contributed by atoms with van der Waals surface area (Å²) < 4.78 is 13.2. The Morgan fingerprint density at radius 3 is 2.30 bits per heavy atom. The Balaban J connectivity index is 1.46. The lowest BCUT2D eigenvalue weighted by Crippen LogP contribution is -2.56. The fraction of sp³-hybridized carbons (Fsp3) is 0.421. The number of rotatable bonds is 10. The molecule has 1 aliphatic heterocycles. The lowest BCUT2D eigenvalue weighted by atomic mass is 9.92. The van der Waals surface area contributed by atoms with Gasteiger partial charge >= 0.3 is 5.97 Å². The maximum atomic E-state index is 11.7. The zero-order valence-corrected chi connectivity index (χ0v) is 29.7. The molecule has 8 heteroatoms. The Morgan fingerprint density at radius 2 is 1.63 bits per heavy atom. The van der Waals surface area contributed by atoms with Gasteiger partial charge in [0, 0.05) is 43.5 Å². The van der Waals surface area contributed by atoms with Crippen molar-refractivity contribution < 1.29 is 14.0 Å².